The van der Waals surface area contributed by atoms with Crippen LogP contribution in [0.2, 0.25) is 0 Å². The number of pyridine rings is 1. The van der Waals surface area contributed by atoms with E-state index in [0.717, 1.165) is 53.3 Å². The molecule has 0 aliphatic carbocycles. The summed E-state index contributed by atoms with van der Waals surface area (Å²) >= 11 is 0. The van der Waals surface area contributed by atoms with Crippen molar-refractivity contribution in [1.29, 1.82) is 0 Å². The molecule has 1 aliphatic heterocycles. The molecule has 1 aliphatic rings. The Bertz CT molecular complexity index is 1990. The predicted octanol–water partition coefficient (Wildman–Crippen LogP) is 6.33. The van der Waals surface area contributed by atoms with Gasteiger partial charge in [0, 0.05) is 63.8 Å². The van der Waals surface area contributed by atoms with E-state index in [1.165, 1.54) is 18.8 Å². The summed E-state index contributed by atoms with van der Waals surface area (Å²) in [4.78, 5) is 36.1. The molecule has 254 valence electrons. The Morgan fingerprint density at radius 2 is 1.63 bits per heavy atom. The number of aromatic hydroxyl groups is 1. The summed E-state index contributed by atoms with van der Waals surface area (Å²) < 4.78 is 51.9. The first-order chi connectivity index (χ1) is 23.4. The fraction of sp³-hybridized carbons (Fsp3) is 0.250. The Kier molecular flexibility index (Phi) is 9.20. The number of amides is 2. The van der Waals surface area contributed by atoms with Gasteiger partial charge >= 0.3 is 6.18 Å². The zero-order chi connectivity index (χ0) is 34.9. The van der Waals surface area contributed by atoms with Crippen molar-refractivity contribution in [3.05, 3.63) is 107 Å². The molecular weight excluding hydrogens is 639 g/mol. The van der Waals surface area contributed by atoms with Crippen LogP contribution in [0, 0.1) is 0 Å². The van der Waals surface area contributed by atoms with Gasteiger partial charge in [-0.1, -0.05) is 12.1 Å². The molecule has 0 saturated carbocycles. The first-order valence-corrected chi connectivity index (χ1v) is 15.5. The molecule has 0 spiro atoms. The molecule has 0 radical (unpaired) electrons. The molecule has 2 aromatic heterocycles. The highest BCUT2D eigenvalue weighted by molar-refractivity contribution is 6.07. The van der Waals surface area contributed by atoms with Gasteiger partial charge in [0.05, 0.1) is 30.1 Å². The number of hydrogen-bond donors (Lipinski definition) is 1. The van der Waals surface area contributed by atoms with Crippen LogP contribution in [0.1, 0.15) is 32.0 Å². The number of phenolic OH excluding ortho intramolecular Hbond substituents is 1. The summed E-state index contributed by atoms with van der Waals surface area (Å²) in [7, 11) is 4.92. The molecule has 1 N–H and O–H groups in total. The maximum absolute atomic E-state index is 13.5. The Balaban J connectivity index is 1.08. The average Bonchev–Trinajstić information content (AvgIpc) is 3.43. The number of piperazine rings is 1. The number of alkyl halides is 3. The van der Waals surface area contributed by atoms with Gasteiger partial charge < -0.3 is 28.9 Å². The van der Waals surface area contributed by atoms with E-state index < -0.39 is 23.4 Å². The van der Waals surface area contributed by atoms with Gasteiger partial charge in [-0.3, -0.25) is 14.5 Å². The highest BCUT2D eigenvalue weighted by Gasteiger charge is 2.32. The second-order valence-electron chi connectivity index (χ2n) is 11.8. The monoisotopic (exact) mass is 673 g/mol. The fourth-order valence-electron chi connectivity index (χ4n) is 5.80. The van der Waals surface area contributed by atoms with E-state index in [1.54, 1.807) is 25.3 Å². The van der Waals surface area contributed by atoms with Crippen molar-refractivity contribution in [3.63, 3.8) is 0 Å². The second kappa shape index (κ2) is 13.5. The van der Waals surface area contributed by atoms with E-state index in [4.69, 9.17) is 9.47 Å². The number of hydrogen-bond acceptors (Lipinski definition) is 7. The topological polar surface area (TPSA) is 100 Å². The van der Waals surface area contributed by atoms with Crippen LogP contribution < -0.4 is 14.4 Å². The second-order valence-corrected chi connectivity index (χ2v) is 11.8. The van der Waals surface area contributed by atoms with Crippen molar-refractivity contribution in [2.45, 2.75) is 12.7 Å². The SMILES string of the molecule is COc1ccc(CN2CCN(C(=O)c3cc4cc(Oc5ccc(N(C)C(=O)c6ccc(C(F)(F)F)cc6O)cn5)ccc4n3C)CC2)cc1. The molecule has 3 aromatic carbocycles. The Labute approximate surface area is 280 Å². The minimum Gasteiger partial charge on any atom is -0.507 e. The number of aromatic nitrogens is 2. The Morgan fingerprint density at radius 1 is 0.918 bits per heavy atom. The van der Waals surface area contributed by atoms with Crippen molar-refractivity contribution in [3.8, 4) is 23.1 Å². The third-order valence-corrected chi connectivity index (χ3v) is 8.65. The van der Waals surface area contributed by atoms with Crippen molar-refractivity contribution >= 4 is 28.4 Å². The Hall–Kier alpha value is -5.56. The van der Waals surface area contributed by atoms with Crippen molar-refractivity contribution < 1.29 is 37.3 Å². The van der Waals surface area contributed by atoms with Gasteiger partial charge in [-0.25, -0.2) is 4.98 Å². The van der Waals surface area contributed by atoms with E-state index in [0.29, 0.717) is 36.3 Å². The lowest BCUT2D eigenvalue weighted by Gasteiger charge is -2.34. The largest absolute Gasteiger partial charge is 0.507 e. The number of carbonyl (C=O) groups is 2. The van der Waals surface area contributed by atoms with Crippen LogP contribution in [-0.2, 0) is 19.8 Å². The quantitative estimate of drug-likeness (QED) is 0.206. The normalized spacial score (nSPS) is 13.8. The van der Waals surface area contributed by atoms with E-state index in [-0.39, 0.29) is 17.4 Å². The molecule has 1 saturated heterocycles. The van der Waals surface area contributed by atoms with Crippen LogP contribution in [0.3, 0.4) is 0 Å². The number of benzene rings is 3. The number of aryl methyl sites for hydroxylation is 1. The van der Waals surface area contributed by atoms with Crippen molar-refractivity contribution in [1.82, 2.24) is 19.4 Å². The zero-order valence-corrected chi connectivity index (χ0v) is 27.1. The summed E-state index contributed by atoms with van der Waals surface area (Å²) in [6.07, 6.45) is -3.27. The minimum absolute atomic E-state index is 0.0363. The first-order valence-electron chi connectivity index (χ1n) is 15.5. The lowest BCUT2D eigenvalue weighted by atomic mass is 10.1. The smallest absolute Gasteiger partial charge is 0.416 e. The molecular formula is C36H34F3N5O5. The molecule has 0 unspecified atom stereocenters. The fourth-order valence-corrected chi connectivity index (χ4v) is 5.80. The van der Waals surface area contributed by atoms with Crippen LogP contribution in [0.25, 0.3) is 10.9 Å². The third-order valence-electron chi connectivity index (χ3n) is 8.65. The van der Waals surface area contributed by atoms with Crippen LogP contribution >= 0.6 is 0 Å². The summed E-state index contributed by atoms with van der Waals surface area (Å²) in [6.45, 7) is 3.60. The van der Waals surface area contributed by atoms with Crippen LogP contribution in [-0.4, -0.2) is 76.6 Å². The number of rotatable bonds is 8. The molecule has 2 amide bonds. The zero-order valence-electron chi connectivity index (χ0n) is 27.1. The third kappa shape index (κ3) is 7.16. The summed E-state index contributed by atoms with van der Waals surface area (Å²) in [5, 5.41) is 10.9. The number of phenols is 1. The number of methoxy groups -OCH3 is 1. The van der Waals surface area contributed by atoms with Gasteiger partial charge in [-0.05, 0) is 66.2 Å². The van der Waals surface area contributed by atoms with Crippen LogP contribution in [0.15, 0.2) is 85.1 Å². The van der Waals surface area contributed by atoms with Gasteiger partial charge in [0.1, 0.15) is 22.9 Å². The van der Waals surface area contributed by atoms with Gasteiger partial charge in [0.15, 0.2) is 0 Å². The molecule has 1 fully saturated rings. The van der Waals surface area contributed by atoms with E-state index >= 15 is 0 Å². The number of fused-ring (bicyclic) bond motifs is 1. The Morgan fingerprint density at radius 3 is 2.27 bits per heavy atom. The molecule has 5 aromatic rings. The minimum atomic E-state index is -4.65. The predicted molar refractivity (Wildman–Crippen MR) is 177 cm³/mol. The number of ether oxygens (including phenoxy) is 2. The van der Waals surface area contributed by atoms with Gasteiger partial charge in [0.2, 0.25) is 5.88 Å². The number of carbonyl (C=O) groups excluding carboxylic acids is 2. The maximum atomic E-state index is 13.5. The molecule has 0 bridgehead atoms. The summed E-state index contributed by atoms with van der Waals surface area (Å²) in [6, 6.07) is 20.6. The highest BCUT2D eigenvalue weighted by Crippen LogP contribution is 2.34. The van der Waals surface area contributed by atoms with Gasteiger partial charge in [-0.15, -0.1) is 0 Å². The standard InChI is InChI=1S/C36H34F3N5O5/c1-41(34(46)29-11-6-25(20-32(29)45)36(37,38)39)26-7-13-33(40-21-26)49-28-10-12-30-24(18-28)19-31(42(30)2)35(47)44-16-14-43(15-17-44)22-23-4-8-27(48-3)9-5-23/h4-13,18-21,45H,14-17,22H2,1-3H3. The van der Waals surface area contributed by atoms with Crippen molar-refractivity contribution in [2.75, 3.05) is 45.2 Å². The highest BCUT2D eigenvalue weighted by atomic mass is 19.4. The molecule has 3 heterocycles. The van der Waals surface area contributed by atoms with Gasteiger partial charge in [0.25, 0.3) is 11.8 Å². The van der Waals surface area contributed by atoms with E-state index in [9.17, 15) is 27.9 Å². The molecule has 10 nitrogen and oxygen atoms in total. The van der Waals surface area contributed by atoms with E-state index in [1.807, 2.05) is 46.8 Å². The number of halogens is 3. The van der Waals surface area contributed by atoms with Crippen molar-refractivity contribution in [2.24, 2.45) is 7.05 Å². The van der Waals surface area contributed by atoms with E-state index in [2.05, 4.69) is 22.0 Å². The summed E-state index contributed by atoms with van der Waals surface area (Å²) in [5.41, 5.74) is 1.63. The molecule has 0 atom stereocenters. The maximum Gasteiger partial charge on any atom is 0.416 e. The number of nitrogens with zero attached hydrogens (tertiary/aromatic N) is 5. The first kappa shape index (κ1) is 33.3. The summed E-state index contributed by atoms with van der Waals surface area (Å²) in [5.74, 6) is 0.0275. The lowest BCUT2D eigenvalue weighted by molar-refractivity contribution is -0.137. The van der Waals surface area contributed by atoms with Crippen LogP contribution in [0.4, 0.5) is 18.9 Å². The lowest BCUT2D eigenvalue weighted by Crippen LogP contribution is -2.48. The number of anilines is 1. The molecule has 6 rings (SSSR count). The molecule has 49 heavy (non-hydrogen) atoms. The average molecular weight is 674 g/mol. The van der Waals surface area contributed by atoms with Gasteiger partial charge in [-0.2, -0.15) is 13.2 Å². The molecule has 13 heteroatoms. The van der Waals surface area contributed by atoms with Crippen LogP contribution in [0.5, 0.6) is 23.1 Å².